The second-order valence-electron chi connectivity index (χ2n) is 29.3. The molecule has 0 fully saturated rings. The number of benzene rings is 9. The Morgan fingerprint density at radius 2 is 0.881 bits per heavy atom. The summed E-state index contributed by atoms with van der Waals surface area (Å²) in [5.41, 5.74) is 26.5. The number of anilines is 9. The molecule has 0 spiro atoms. The van der Waals surface area contributed by atoms with Gasteiger partial charge in [0.1, 0.15) is 5.58 Å². The standard InChI is InChI=1S/C78H81BN4O/c1-48-41-53(77(12,13)14)42-49(2)71(48)80(58-36-38-61-60-25-21-22-26-64(60)81(65(61)46-58)55-23-19-18-20-24-55)59-37-39-63-66(47-59)82(56-32-27-50(28-33-56)74(3,4)5)67-44-54(78(15,16)17)45-68-70(67)79(63)73-72(62-43-52(76(9,10)11)31-40-69(62)84-73)83(68)57-34-29-51(30-35-57)75(6,7)8/h18-47H,1-17H3. The van der Waals surface area contributed by atoms with Gasteiger partial charge in [-0.1, -0.05) is 195 Å². The molecule has 2 aromatic heterocycles. The number of fused-ring (bicyclic) bond motifs is 9. The van der Waals surface area contributed by atoms with Gasteiger partial charge in [-0.2, -0.15) is 0 Å². The molecule has 0 atom stereocenters. The molecule has 0 aliphatic carbocycles. The number of hydrogen-bond acceptors (Lipinski definition) is 4. The molecule has 5 nitrogen and oxygen atoms in total. The maximum atomic E-state index is 7.51. The topological polar surface area (TPSA) is 27.8 Å². The summed E-state index contributed by atoms with van der Waals surface area (Å²) >= 11 is 0. The Morgan fingerprint density at radius 3 is 1.48 bits per heavy atom. The van der Waals surface area contributed by atoms with Crippen LogP contribution in [0.25, 0.3) is 38.5 Å². The van der Waals surface area contributed by atoms with Crippen LogP contribution in [0.15, 0.2) is 186 Å². The van der Waals surface area contributed by atoms with Crippen LogP contribution in [0.1, 0.15) is 143 Å². The van der Waals surface area contributed by atoms with E-state index in [1.807, 2.05) is 0 Å². The molecule has 13 rings (SSSR count). The normalized spacial score (nSPS) is 13.7. The van der Waals surface area contributed by atoms with Crippen LogP contribution in [0.2, 0.25) is 0 Å². The van der Waals surface area contributed by atoms with E-state index in [2.05, 4.69) is 319 Å². The molecule has 2 aliphatic heterocycles. The maximum absolute atomic E-state index is 7.51. The van der Waals surface area contributed by atoms with Gasteiger partial charge in [0, 0.05) is 61.7 Å². The van der Waals surface area contributed by atoms with Crippen molar-refractivity contribution in [3.63, 3.8) is 0 Å². The van der Waals surface area contributed by atoms with E-state index in [-0.39, 0.29) is 33.8 Å². The summed E-state index contributed by atoms with van der Waals surface area (Å²) in [6.45, 7) is 39.1. The van der Waals surface area contributed by atoms with Crippen molar-refractivity contribution >= 4 is 107 Å². The van der Waals surface area contributed by atoms with Gasteiger partial charge in [0.05, 0.1) is 28.1 Å². The zero-order valence-corrected chi connectivity index (χ0v) is 52.6. The molecule has 6 heteroatoms. The lowest BCUT2D eigenvalue weighted by Gasteiger charge is -2.44. The van der Waals surface area contributed by atoms with E-state index in [4.69, 9.17) is 4.42 Å². The summed E-state index contributed by atoms with van der Waals surface area (Å²) in [6, 6.07) is 69.5. The Morgan fingerprint density at radius 1 is 0.381 bits per heavy atom. The third-order valence-corrected chi connectivity index (χ3v) is 18.1. The van der Waals surface area contributed by atoms with Crippen molar-refractivity contribution in [2.24, 2.45) is 0 Å². The van der Waals surface area contributed by atoms with Crippen LogP contribution < -0.4 is 31.3 Å². The lowest BCUT2D eigenvalue weighted by Crippen LogP contribution is -2.61. The van der Waals surface area contributed by atoms with Gasteiger partial charge in [0.2, 0.25) is 0 Å². The van der Waals surface area contributed by atoms with Crippen LogP contribution in [0, 0.1) is 13.8 Å². The lowest BCUT2D eigenvalue weighted by molar-refractivity contribution is 0.589. The fourth-order valence-electron chi connectivity index (χ4n) is 13.4. The predicted octanol–water partition coefficient (Wildman–Crippen LogP) is 20.2. The molecule has 84 heavy (non-hydrogen) atoms. The Balaban J connectivity index is 1.13. The van der Waals surface area contributed by atoms with Crippen LogP contribution in [0.5, 0.6) is 0 Å². The summed E-state index contributed by atoms with van der Waals surface area (Å²) in [5, 5.41) is 3.58. The average Bonchev–Trinajstić information content (AvgIpc) is 1.29. The Labute approximate surface area is 499 Å². The first kappa shape index (κ1) is 55.0. The first-order chi connectivity index (χ1) is 39.6. The summed E-state index contributed by atoms with van der Waals surface area (Å²) in [4.78, 5) is 7.67. The second-order valence-corrected chi connectivity index (χ2v) is 29.3. The number of para-hydroxylation sites is 2. The van der Waals surface area contributed by atoms with Crippen LogP contribution >= 0.6 is 0 Å². The molecule has 422 valence electrons. The minimum absolute atomic E-state index is 0.00465. The monoisotopic (exact) mass is 1100 g/mol. The lowest BCUT2D eigenvalue weighted by atomic mass is 9.35. The summed E-state index contributed by atoms with van der Waals surface area (Å²) in [7, 11) is 0. The molecule has 0 saturated heterocycles. The fraction of sp³-hybridized carbons (Fsp3) is 0.282. The van der Waals surface area contributed by atoms with E-state index in [0.29, 0.717) is 0 Å². The highest BCUT2D eigenvalue weighted by Gasteiger charge is 2.48. The summed E-state index contributed by atoms with van der Waals surface area (Å²) in [5.74, 6) is 0. The molecule has 0 amide bonds. The van der Waals surface area contributed by atoms with E-state index in [0.717, 1.165) is 67.6 Å². The van der Waals surface area contributed by atoms with Crippen LogP contribution in [-0.4, -0.2) is 11.3 Å². The van der Waals surface area contributed by atoms with Crippen LogP contribution in [0.3, 0.4) is 0 Å². The van der Waals surface area contributed by atoms with Gasteiger partial charge >= 0.3 is 0 Å². The number of rotatable bonds is 6. The van der Waals surface area contributed by atoms with Gasteiger partial charge in [-0.25, -0.2) is 0 Å². The van der Waals surface area contributed by atoms with E-state index in [1.54, 1.807) is 0 Å². The van der Waals surface area contributed by atoms with Crippen molar-refractivity contribution in [3.8, 4) is 5.69 Å². The molecule has 0 unspecified atom stereocenters. The van der Waals surface area contributed by atoms with Crippen molar-refractivity contribution in [1.82, 2.24) is 4.57 Å². The number of aryl methyl sites for hydroxylation is 2. The van der Waals surface area contributed by atoms with Crippen molar-refractivity contribution in [1.29, 1.82) is 0 Å². The quantitative estimate of drug-likeness (QED) is 0.155. The highest BCUT2D eigenvalue weighted by Crippen LogP contribution is 2.51. The molecule has 9 aromatic carbocycles. The van der Waals surface area contributed by atoms with E-state index < -0.39 is 0 Å². The van der Waals surface area contributed by atoms with Gasteiger partial charge in [0.25, 0.3) is 6.71 Å². The van der Waals surface area contributed by atoms with Crippen molar-refractivity contribution < 1.29 is 4.42 Å². The zero-order valence-electron chi connectivity index (χ0n) is 52.6. The smallest absolute Gasteiger partial charge is 0.297 e. The van der Waals surface area contributed by atoms with Crippen molar-refractivity contribution in [2.45, 2.75) is 145 Å². The van der Waals surface area contributed by atoms with E-state index >= 15 is 0 Å². The Hall–Kier alpha value is -8.22. The molecule has 0 saturated carbocycles. The third kappa shape index (κ3) is 9.05. The van der Waals surface area contributed by atoms with Crippen LogP contribution in [0.4, 0.5) is 51.2 Å². The number of furan rings is 1. The highest BCUT2D eigenvalue weighted by molar-refractivity contribution is 7.00. The van der Waals surface area contributed by atoms with Gasteiger partial charge in [-0.15, -0.1) is 0 Å². The predicted molar refractivity (Wildman–Crippen MR) is 362 cm³/mol. The average molecular weight is 1100 g/mol. The Kier molecular flexibility index (Phi) is 12.5. The molecule has 0 N–H and O–H groups in total. The second kappa shape index (κ2) is 19.2. The van der Waals surface area contributed by atoms with E-state index in [9.17, 15) is 0 Å². The maximum Gasteiger partial charge on any atom is 0.297 e. The molecule has 4 heterocycles. The van der Waals surface area contributed by atoms with Crippen molar-refractivity contribution in [3.05, 3.63) is 221 Å². The molecular formula is C78H81BN4O. The number of aromatic nitrogens is 1. The third-order valence-electron chi connectivity index (χ3n) is 18.1. The fourth-order valence-corrected chi connectivity index (χ4v) is 13.4. The van der Waals surface area contributed by atoms with Crippen LogP contribution in [-0.2, 0) is 27.1 Å². The van der Waals surface area contributed by atoms with E-state index in [1.165, 1.54) is 77.5 Å². The highest BCUT2D eigenvalue weighted by atomic mass is 16.3. The zero-order chi connectivity index (χ0) is 59.3. The Bertz CT molecular complexity index is 4390. The first-order valence-corrected chi connectivity index (χ1v) is 30.4. The van der Waals surface area contributed by atoms with Gasteiger partial charge in [-0.05, 0) is 182 Å². The van der Waals surface area contributed by atoms with Gasteiger partial charge in [-0.3, -0.25) is 0 Å². The van der Waals surface area contributed by atoms with Gasteiger partial charge < -0.3 is 23.7 Å². The number of hydrogen-bond donors (Lipinski definition) is 0. The summed E-state index contributed by atoms with van der Waals surface area (Å²) < 4.78 is 9.95. The number of nitrogens with zero attached hydrogens (tertiary/aromatic N) is 4. The van der Waals surface area contributed by atoms with Crippen molar-refractivity contribution in [2.75, 3.05) is 14.7 Å². The summed E-state index contributed by atoms with van der Waals surface area (Å²) in [6.07, 6.45) is 0. The SMILES string of the molecule is Cc1cc(C(C)(C)C)cc(C)c1N(c1ccc2c(c1)N(c1ccc(C(C)(C)C)cc1)c1cc(C(C)(C)C)cc3c1B2c1oc2ccc(C(C)(C)C)cc2c1N3c1ccc(C(C)(C)C)cc1)c1ccc2c3ccccc3n(-c3ccccc3)c2c1. The molecule has 0 radical (unpaired) electrons. The first-order valence-electron chi connectivity index (χ1n) is 30.4. The minimum atomic E-state index is -0.232. The van der Waals surface area contributed by atoms with Gasteiger partial charge in [0.15, 0.2) is 0 Å². The molecule has 0 bridgehead atoms. The largest absolute Gasteiger partial charge is 0.468 e. The molecule has 2 aliphatic rings. The molecule has 11 aromatic rings. The molecular weight excluding hydrogens is 1020 g/mol. The minimum Gasteiger partial charge on any atom is -0.468 e.